The highest BCUT2D eigenvalue weighted by Gasteiger charge is 2.25. The van der Waals surface area contributed by atoms with Gasteiger partial charge >= 0.3 is 6.09 Å². The van der Waals surface area contributed by atoms with E-state index in [-0.39, 0.29) is 11.7 Å². The van der Waals surface area contributed by atoms with Gasteiger partial charge in [0.15, 0.2) is 0 Å². The third kappa shape index (κ3) is 3.56. The molecule has 3 nitrogen and oxygen atoms in total. The summed E-state index contributed by atoms with van der Waals surface area (Å²) in [4.78, 5) is 13.4. The topological polar surface area (TPSA) is 29.5 Å². The van der Waals surface area contributed by atoms with Crippen LogP contribution in [0.3, 0.4) is 0 Å². The Morgan fingerprint density at radius 1 is 1.29 bits per heavy atom. The first-order valence-corrected chi connectivity index (χ1v) is 5.18. The molecule has 0 atom stereocenters. The van der Waals surface area contributed by atoms with E-state index in [4.69, 9.17) is 4.74 Å². The minimum absolute atomic E-state index is 0.176. The number of nitrogens with zero attached hydrogens (tertiary/aromatic N) is 1. The van der Waals surface area contributed by atoms with Gasteiger partial charge in [-0.25, -0.2) is 4.79 Å². The number of hydrogen-bond acceptors (Lipinski definition) is 2. The summed E-state index contributed by atoms with van der Waals surface area (Å²) in [5.74, 6) is 1.48. The summed E-state index contributed by atoms with van der Waals surface area (Å²) in [6.07, 6.45) is 1.85. The highest BCUT2D eigenvalue weighted by Crippen LogP contribution is 2.19. The lowest BCUT2D eigenvalue weighted by molar-refractivity contribution is 0.0227. The third-order valence-corrected chi connectivity index (χ3v) is 2.27. The summed E-state index contributed by atoms with van der Waals surface area (Å²) >= 11 is 0. The largest absolute Gasteiger partial charge is 0.444 e. The normalized spacial score (nSPS) is 19.6. The van der Waals surface area contributed by atoms with Gasteiger partial charge in [-0.2, -0.15) is 0 Å². The van der Waals surface area contributed by atoms with E-state index in [0.29, 0.717) is 0 Å². The molecule has 1 rings (SSSR count). The lowest BCUT2D eigenvalue weighted by Crippen LogP contribution is -2.41. The van der Waals surface area contributed by atoms with Crippen LogP contribution in [0.4, 0.5) is 4.79 Å². The van der Waals surface area contributed by atoms with E-state index in [0.717, 1.165) is 25.9 Å². The molecule has 0 aliphatic carbocycles. The SMILES string of the molecule is C[C]1CCN(C(=O)OC(C)(C)C)CC1. The van der Waals surface area contributed by atoms with Crippen LogP contribution >= 0.6 is 0 Å². The van der Waals surface area contributed by atoms with E-state index < -0.39 is 0 Å². The van der Waals surface area contributed by atoms with Crippen LogP contribution in [0.25, 0.3) is 0 Å². The van der Waals surface area contributed by atoms with Gasteiger partial charge in [0.1, 0.15) is 5.60 Å². The van der Waals surface area contributed by atoms with Gasteiger partial charge < -0.3 is 9.64 Å². The zero-order chi connectivity index (χ0) is 10.8. The average molecular weight is 198 g/mol. The molecule has 1 fully saturated rings. The maximum atomic E-state index is 11.6. The lowest BCUT2D eigenvalue weighted by atomic mass is 10.00. The molecule has 14 heavy (non-hydrogen) atoms. The van der Waals surface area contributed by atoms with Crippen LogP contribution in [0.5, 0.6) is 0 Å². The maximum absolute atomic E-state index is 11.6. The van der Waals surface area contributed by atoms with Crippen LogP contribution in [-0.4, -0.2) is 29.7 Å². The van der Waals surface area contributed by atoms with E-state index in [1.54, 1.807) is 4.90 Å². The Hall–Kier alpha value is -0.730. The number of carbonyl (C=O) groups is 1. The van der Waals surface area contributed by atoms with Crippen molar-refractivity contribution in [2.75, 3.05) is 13.1 Å². The van der Waals surface area contributed by atoms with Gasteiger partial charge in [0.05, 0.1) is 0 Å². The van der Waals surface area contributed by atoms with Crippen LogP contribution in [0.2, 0.25) is 0 Å². The third-order valence-electron chi connectivity index (χ3n) is 2.27. The molecule has 0 N–H and O–H groups in total. The molecule has 1 aliphatic rings. The van der Waals surface area contributed by atoms with Crippen molar-refractivity contribution in [3.8, 4) is 0 Å². The first-order chi connectivity index (χ1) is 6.38. The van der Waals surface area contributed by atoms with Crippen molar-refractivity contribution < 1.29 is 9.53 Å². The van der Waals surface area contributed by atoms with Gasteiger partial charge in [-0.3, -0.25) is 0 Å². The molecule has 0 aromatic rings. The zero-order valence-corrected chi connectivity index (χ0v) is 9.59. The van der Waals surface area contributed by atoms with E-state index >= 15 is 0 Å². The Labute approximate surface area is 86.4 Å². The number of hydrogen-bond donors (Lipinski definition) is 0. The second kappa shape index (κ2) is 4.20. The number of ether oxygens (including phenoxy) is 1. The van der Waals surface area contributed by atoms with Gasteiger partial charge in [-0.05, 0) is 39.5 Å². The van der Waals surface area contributed by atoms with Crippen molar-refractivity contribution in [1.82, 2.24) is 4.90 Å². The smallest absolute Gasteiger partial charge is 0.410 e. The molecule has 0 aromatic heterocycles. The Balaban J connectivity index is 2.38. The minimum Gasteiger partial charge on any atom is -0.444 e. The Morgan fingerprint density at radius 3 is 2.21 bits per heavy atom. The molecule has 1 aliphatic heterocycles. The number of amides is 1. The predicted octanol–water partition coefficient (Wildman–Crippen LogP) is 2.61. The molecule has 1 amide bonds. The summed E-state index contributed by atoms with van der Waals surface area (Å²) in [5.41, 5.74) is -0.382. The second-order valence-electron chi connectivity index (χ2n) is 4.92. The summed E-state index contributed by atoms with van der Waals surface area (Å²) in [6.45, 7) is 9.44. The van der Waals surface area contributed by atoms with Gasteiger partial charge in [0.2, 0.25) is 0 Å². The number of carbonyl (C=O) groups excluding carboxylic acids is 1. The molecule has 1 saturated heterocycles. The number of likely N-dealkylation sites (tertiary alicyclic amines) is 1. The molecule has 0 saturated carbocycles. The molecule has 0 unspecified atom stereocenters. The molecule has 1 radical (unpaired) electrons. The quantitative estimate of drug-likeness (QED) is 0.598. The molecule has 0 bridgehead atoms. The van der Waals surface area contributed by atoms with E-state index in [2.05, 4.69) is 6.92 Å². The summed E-state index contributed by atoms with van der Waals surface area (Å²) in [6, 6.07) is 0. The number of rotatable bonds is 0. The summed E-state index contributed by atoms with van der Waals surface area (Å²) in [5, 5.41) is 0. The molecule has 3 heteroatoms. The van der Waals surface area contributed by atoms with Crippen molar-refractivity contribution in [2.24, 2.45) is 0 Å². The Morgan fingerprint density at radius 2 is 1.79 bits per heavy atom. The Kier molecular flexibility index (Phi) is 3.40. The lowest BCUT2D eigenvalue weighted by Gasteiger charge is -2.31. The second-order valence-corrected chi connectivity index (χ2v) is 4.92. The number of piperidine rings is 1. The van der Waals surface area contributed by atoms with Crippen molar-refractivity contribution in [3.05, 3.63) is 5.92 Å². The molecule has 81 valence electrons. The van der Waals surface area contributed by atoms with Crippen molar-refractivity contribution in [1.29, 1.82) is 0 Å². The van der Waals surface area contributed by atoms with Crippen LogP contribution in [-0.2, 0) is 4.74 Å². The average Bonchev–Trinajstić information content (AvgIpc) is 2.02. The minimum atomic E-state index is -0.382. The van der Waals surface area contributed by atoms with Crippen molar-refractivity contribution >= 4 is 6.09 Å². The molecular formula is C11H20NO2. The molecule has 0 spiro atoms. The van der Waals surface area contributed by atoms with E-state index in [1.807, 2.05) is 20.8 Å². The highest BCUT2D eigenvalue weighted by atomic mass is 16.6. The van der Waals surface area contributed by atoms with Gasteiger partial charge in [-0.15, -0.1) is 0 Å². The molecule has 1 heterocycles. The zero-order valence-electron chi connectivity index (χ0n) is 9.59. The van der Waals surface area contributed by atoms with Crippen molar-refractivity contribution in [3.63, 3.8) is 0 Å². The van der Waals surface area contributed by atoms with Crippen LogP contribution < -0.4 is 0 Å². The van der Waals surface area contributed by atoms with Crippen molar-refractivity contribution in [2.45, 2.75) is 46.1 Å². The Bertz CT molecular complexity index is 200. The first kappa shape index (κ1) is 11.3. The molecular weight excluding hydrogens is 178 g/mol. The predicted molar refractivity (Wildman–Crippen MR) is 56.0 cm³/mol. The van der Waals surface area contributed by atoms with E-state index in [9.17, 15) is 4.79 Å². The van der Waals surface area contributed by atoms with E-state index in [1.165, 1.54) is 5.92 Å². The summed E-state index contributed by atoms with van der Waals surface area (Å²) in [7, 11) is 0. The molecule has 0 aromatic carbocycles. The van der Waals surface area contributed by atoms with Crippen LogP contribution in [0, 0.1) is 5.92 Å². The monoisotopic (exact) mass is 198 g/mol. The maximum Gasteiger partial charge on any atom is 0.410 e. The van der Waals surface area contributed by atoms with Gasteiger partial charge in [-0.1, -0.05) is 6.92 Å². The van der Waals surface area contributed by atoms with Crippen LogP contribution in [0.15, 0.2) is 0 Å². The standard InChI is InChI=1S/C11H20NO2/c1-9-5-7-12(8-6-9)10(13)14-11(2,3)4/h5-8H2,1-4H3. The van der Waals surface area contributed by atoms with Gasteiger partial charge in [0, 0.05) is 13.1 Å². The fourth-order valence-corrected chi connectivity index (χ4v) is 1.40. The summed E-state index contributed by atoms with van der Waals surface area (Å²) < 4.78 is 5.29. The van der Waals surface area contributed by atoms with Crippen LogP contribution in [0.1, 0.15) is 40.5 Å². The van der Waals surface area contributed by atoms with Gasteiger partial charge in [0.25, 0.3) is 0 Å². The fourth-order valence-electron chi connectivity index (χ4n) is 1.40. The highest BCUT2D eigenvalue weighted by molar-refractivity contribution is 5.68. The fraction of sp³-hybridized carbons (Fsp3) is 0.818. The first-order valence-electron chi connectivity index (χ1n) is 5.18.